The highest BCUT2D eigenvalue weighted by Gasteiger charge is 2.20. The maximum atomic E-state index is 13.4. The van der Waals surface area contributed by atoms with Gasteiger partial charge in [0, 0.05) is 10.0 Å². The van der Waals surface area contributed by atoms with Gasteiger partial charge < -0.3 is 5.32 Å². The Hall–Kier alpha value is -3.03. The first-order valence-electron chi connectivity index (χ1n) is 8.98. The lowest BCUT2D eigenvalue weighted by atomic mass is 10.2. The molecule has 1 N–H and O–H groups in total. The van der Waals surface area contributed by atoms with Crippen molar-refractivity contribution in [3.63, 3.8) is 0 Å². The summed E-state index contributed by atoms with van der Waals surface area (Å²) in [6.07, 6.45) is 0. The molecule has 4 rings (SSSR count). The minimum atomic E-state index is -0.495. The van der Waals surface area contributed by atoms with Crippen LogP contribution in [0.5, 0.6) is 0 Å². The zero-order chi connectivity index (χ0) is 21.3. The predicted octanol–water partition coefficient (Wildman–Crippen LogP) is 6.05. The smallest absolute Gasteiger partial charge is 0.295 e. The molecule has 0 aliphatic carbocycles. The molecule has 1 heterocycles. The zero-order valence-electron chi connectivity index (χ0n) is 15.7. The Morgan fingerprint density at radius 3 is 2.43 bits per heavy atom. The van der Waals surface area contributed by atoms with Crippen LogP contribution in [0.4, 0.5) is 10.1 Å². The highest BCUT2D eigenvalue weighted by molar-refractivity contribution is 9.10. The number of benzene rings is 3. The number of para-hydroxylation sites is 1. The van der Waals surface area contributed by atoms with E-state index >= 15 is 0 Å². The molecule has 4 aromatic rings. The van der Waals surface area contributed by atoms with Crippen LogP contribution >= 0.6 is 27.5 Å². The third-order valence-corrected chi connectivity index (χ3v) is 5.29. The molecule has 0 fully saturated rings. The molecule has 0 spiro atoms. The monoisotopic (exact) mass is 484 g/mol. The van der Waals surface area contributed by atoms with E-state index < -0.39 is 5.91 Å². The number of hydrogen-bond acceptors (Lipinski definition) is 3. The molecule has 3 aromatic carbocycles. The lowest BCUT2D eigenvalue weighted by Gasteiger charge is -2.08. The molecule has 8 heteroatoms. The summed E-state index contributed by atoms with van der Waals surface area (Å²) in [6.45, 7) is 1.85. The summed E-state index contributed by atoms with van der Waals surface area (Å²) in [5.74, 6) is -0.471. The van der Waals surface area contributed by atoms with Crippen LogP contribution in [0.1, 0.15) is 16.2 Å². The Labute approximate surface area is 185 Å². The molecule has 0 atom stereocenters. The number of aromatic nitrogens is 3. The van der Waals surface area contributed by atoms with Crippen LogP contribution in [0.25, 0.3) is 17.1 Å². The van der Waals surface area contributed by atoms with Gasteiger partial charge in [0.2, 0.25) is 5.82 Å². The summed E-state index contributed by atoms with van der Waals surface area (Å²) in [6, 6.07) is 18.6. The second-order valence-electron chi connectivity index (χ2n) is 6.54. The second kappa shape index (κ2) is 8.38. The third-order valence-electron chi connectivity index (χ3n) is 4.44. The number of anilines is 1. The van der Waals surface area contributed by atoms with Crippen LogP contribution in [-0.4, -0.2) is 20.7 Å². The largest absolute Gasteiger partial charge is 0.318 e. The van der Waals surface area contributed by atoms with Crippen LogP contribution in [0.15, 0.2) is 71.2 Å². The molecule has 0 aliphatic heterocycles. The van der Waals surface area contributed by atoms with Gasteiger partial charge in [0.1, 0.15) is 5.82 Å². The van der Waals surface area contributed by atoms with Gasteiger partial charge in [-0.05, 0) is 67.1 Å². The normalized spacial score (nSPS) is 10.8. The topological polar surface area (TPSA) is 59.8 Å². The molecule has 0 bridgehead atoms. The molecule has 1 amide bonds. The van der Waals surface area contributed by atoms with E-state index in [1.165, 1.54) is 12.1 Å². The average molecular weight is 486 g/mol. The van der Waals surface area contributed by atoms with E-state index in [0.29, 0.717) is 27.8 Å². The minimum absolute atomic E-state index is 0.0310. The van der Waals surface area contributed by atoms with Crippen LogP contribution < -0.4 is 5.32 Å². The van der Waals surface area contributed by atoms with Crippen LogP contribution in [-0.2, 0) is 0 Å². The predicted molar refractivity (Wildman–Crippen MR) is 119 cm³/mol. The van der Waals surface area contributed by atoms with Crippen molar-refractivity contribution in [2.45, 2.75) is 6.92 Å². The van der Waals surface area contributed by atoms with Gasteiger partial charge in [-0.15, -0.1) is 5.10 Å². The van der Waals surface area contributed by atoms with E-state index in [1.807, 2.05) is 37.3 Å². The first-order valence-corrected chi connectivity index (χ1v) is 10.1. The first-order chi connectivity index (χ1) is 14.4. The molecule has 150 valence electrons. The Bertz CT molecular complexity index is 1140. The summed E-state index contributed by atoms with van der Waals surface area (Å²) in [4.78, 5) is 17.3. The number of halogens is 3. The SMILES string of the molecule is Cc1cccc(Cl)c1NC(=O)c1nc(-c2ccc(F)cc2)n(-c2ccc(Br)cc2)n1. The molecule has 0 saturated carbocycles. The molecule has 0 saturated heterocycles. The highest BCUT2D eigenvalue weighted by atomic mass is 79.9. The van der Waals surface area contributed by atoms with Crippen molar-refractivity contribution in [2.75, 3.05) is 5.32 Å². The molecule has 30 heavy (non-hydrogen) atoms. The number of carbonyl (C=O) groups is 1. The fourth-order valence-corrected chi connectivity index (χ4v) is 3.45. The van der Waals surface area contributed by atoms with Crippen molar-refractivity contribution in [1.29, 1.82) is 0 Å². The van der Waals surface area contributed by atoms with Gasteiger partial charge in [0.25, 0.3) is 5.91 Å². The lowest BCUT2D eigenvalue weighted by Crippen LogP contribution is -2.15. The van der Waals surface area contributed by atoms with E-state index in [1.54, 1.807) is 28.9 Å². The molecule has 0 unspecified atom stereocenters. The first kappa shape index (κ1) is 20.3. The maximum absolute atomic E-state index is 13.4. The molecule has 0 aliphatic rings. The Morgan fingerprint density at radius 1 is 1.07 bits per heavy atom. The Balaban J connectivity index is 1.77. The minimum Gasteiger partial charge on any atom is -0.318 e. The van der Waals surface area contributed by atoms with Gasteiger partial charge in [-0.25, -0.2) is 14.1 Å². The van der Waals surface area contributed by atoms with Gasteiger partial charge in [-0.3, -0.25) is 4.79 Å². The van der Waals surface area contributed by atoms with Gasteiger partial charge >= 0.3 is 0 Å². The maximum Gasteiger partial charge on any atom is 0.295 e. The second-order valence-corrected chi connectivity index (χ2v) is 7.86. The molecule has 1 aromatic heterocycles. The summed E-state index contributed by atoms with van der Waals surface area (Å²) in [7, 11) is 0. The molecular formula is C22H15BrClFN4O. The van der Waals surface area contributed by atoms with Crippen LogP contribution in [0.3, 0.4) is 0 Å². The van der Waals surface area contributed by atoms with Gasteiger partial charge in [0.15, 0.2) is 5.82 Å². The average Bonchev–Trinajstić information content (AvgIpc) is 3.17. The van der Waals surface area contributed by atoms with E-state index in [2.05, 4.69) is 31.3 Å². The quantitative estimate of drug-likeness (QED) is 0.383. The van der Waals surface area contributed by atoms with E-state index in [9.17, 15) is 9.18 Å². The summed E-state index contributed by atoms with van der Waals surface area (Å²) in [5, 5.41) is 7.61. The van der Waals surface area contributed by atoms with Crippen LogP contribution in [0.2, 0.25) is 5.02 Å². The van der Waals surface area contributed by atoms with Crippen molar-refractivity contribution in [1.82, 2.24) is 14.8 Å². The number of amides is 1. The molecule has 5 nitrogen and oxygen atoms in total. The highest BCUT2D eigenvalue weighted by Crippen LogP contribution is 2.27. The van der Waals surface area contributed by atoms with Gasteiger partial charge in [0.05, 0.1) is 16.4 Å². The Kier molecular flexibility index (Phi) is 5.65. The number of hydrogen-bond donors (Lipinski definition) is 1. The number of rotatable bonds is 4. The van der Waals surface area contributed by atoms with Crippen molar-refractivity contribution in [3.05, 3.63) is 93.4 Å². The fourth-order valence-electron chi connectivity index (χ4n) is 2.92. The zero-order valence-corrected chi connectivity index (χ0v) is 18.1. The Morgan fingerprint density at radius 2 is 1.77 bits per heavy atom. The fraction of sp³-hybridized carbons (Fsp3) is 0.0455. The van der Waals surface area contributed by atoms with E-state index in [0.717, 1.165) is 10.0 Å². The summed E-state index contributed by atoms with van der Waals surface area (Å²) >= 11 is 9.62. The summed E-state index contributed by atoms with van der Waals surface area (Å²) in [5.41, 5.74) is 2.66. The van der Waals surface area contributed by atoms with Crippen molar-refractivity contribution in [2.24, 2.45) is 0 Å². The number of nitrogens with zero attached hydrogens (tertiary/aromatic N) is 3. The third kappa shape index (κ3) is 4.13. The van der Waals surface area contributed by atoms with Crippen molar-refractivity contribution < 1.29 is 9.18 Å². The van der Waals surface area contributed by atoms with E-state index in [4.69, 9.17) is 11.6 Å². The summed E-state index contributed by atoms with van der Waals surface area (Å²) < 4.78 is 15.9. The van der Waals surface area contributed by atoms with Crippen molar-refractivity contribution in [3.8, 4) is 17.1 Å². The van der Waals surface area contributed by atoms with Gasteiger partial charge in [-0.2, -0.15) is 0 Å². The van der Waals surface area contributed by atoms with E-state index in [-0.39, 0.29) is 11.6 Å². The lowest BCUT2D eigenvalue weighted by molar-refractivity contribution is 0.101. The number of nitrogens with one attached hydrogen (secondary N) is 1. The standard InChI is InChI=1S/C22H15BrClFN4O/c1-13-3-2-4-18(24)19(13)26-22(30)20-27-21(14-5-9-16(25)10-6-14)29(28-20)17-11-7-15(23)8-12-17/h2-12H,1H3,(H,26,30). The number of aryl methyl sites for hydroxylation is 1. The van der Waals surface area contributed by atoms with Crippen LogP contribution in [0, 0.1) is 12.7 Å². The van der Waals surface area contributed by atoms with Gasteiger partial charge in [-0.1, -0.05) is 39.7 Å². The number of carbonyl (C=O) groups excluding carboxylic acids is 1. The van der Waals surface area contributed by atoms with Crippen molar-refractivity contribution >= 4 is 39.1 Å². The molecular weight excluding hydrogens is 471 g/mol. The molecule has 0 radical (unpaired) electrons.